The van der Waals surface area contributed by atoms with Crippen LogP contribution in [0.5, 0.6) is 5.75 Å². The molecule has 0 spiro atoms. The molecule has 0 saturated heterocycles. The van der Waals surface area contributed by atoms with Gasteiger partial charge in [-0.3, -0.25) is 4.79 Å². The Morgan fingerprint density at radius 1 is 1.05 bits per heavy atom. The van der Waals surface area contributed by atoms with E-state index in [0.717, 1.165) is 11.3 Å². The minimum absolute atomic E-state index is 0.106. The summed E-state index contributed by atoms with van der Waals surface area (Å²) in [5.74, 6) is 0.694. The van der Waals surface area contributed by atoms with Crippen molar-refractivity contribution in [3.63, 3.8) is 0 Å². The van der Waals surface area contributed by atoms with E-state index in [2.05, 4.69) is 5.32 Å². The topological polar surface area (TPSA) is 64.4 Å². The normalized spacial score (nSPS) is 10.1. The van der Waals surface area contributed by atoms with Crippen molar-refractivity contribution >= 4 is 5.91 Å². The number of benzene rings is 2. The molecule has 0 atom stereocenters. The van der Waals surface area contributed by atoms with Gasteiger partial charge in [-0.2, -0.15) is 0 Å². The first kappa shape index (κ1) is 14.1. The molecule has 0 heterocycles. The molecular weight excluding hydrogens is 252 g/mol. The van der Waals surface area contributed by atoms with Gasteiger partial charge in [0.05, 0.1) is 6.54 Å². The van der Waals surface area contributed by atoms with Gasteiger partial charge in [0.15, 0.2) is 0 Å². The van der Waals surface area contributed by atoms with E-state index < -0.39 is 0 Å². The molecule has 4 heteroatoms. The zero-order valence-corrected chi connectivity index (χ0v) is 11.2. The molecule has 2 aromatic carbocycles. The second-order valence-corrected chi connectivity index (χ2v) is 4.32. The molecule has 0 bridgehead atoms. The Balaban J connectivity index is 1.74. The van der Waals surface area contributed by atoms with Crippen molar-refractivity contribution < 1.29 is 9.53 Å². The van der Waals surface area contributed by atoms with E-state index in [0.29, 0.717) is 25.3 Å². The summed E-state index contributed by atoms with van der Waals surface area (Å²) in [6.07, 6.45) is 0. The second kappa shape index (κ2) is 7.31. The molecule has 20 heavy (non-hydrogen) atoms. The standard InChI is InChI=1S/C16H18N2O2/c17-12-13-6-8-14(9-7-13)16(19)18-10-11-20-15-4-2-1-3-5-15/h1-9H,10-12,17H2,(H,18,19). The minimum atomic E-state index is -0.106. The average Bonchev–Trinajstić information content (AvgIpc) is 2.52. The van der Waals surface area contributed by atoms with Gasteiger partial charge in [-0.1, -0.05) is 30.3 Å². The van der Waals surface area contributed by atoms with Gasteiger partial charge in [0.2, 0.25) is 0 Å². The lowest BCUT2D eigenvalue weighted by Gasteiger charge is -2.08. The van der Waals surface area contributed by atoms with Gasteiger partial charge in [0.1, 0.15) is 12.4 Å². The summed E-state index contributed by atoms with van der Waals surface area (Å²) >= 11 is 0. The Labute approximate surface area is 118 Å². The van der Waals surface area contributed by atoms with Crippen molar-refractivity contribution in [2.24, 2.45) is 5.73 Å². The quantitative estimate of drug-likeness (QED) is 0.789. The van der Waals surface area contributed by atoms with Crippen LogP contribution in [0, 0.1) is 0 Å². The van der Waals surface area contributed by atoms with Crippen LogP contribution in [0.1, 0.15) is 15.9 Å². The highest BCUT2D eigenvalue weighted by Crippen LogP contribution is 2.07. The highest BCUT2D eigenvalue weighted by Gasteiger charge is 2.04. The SMILES string of the molecule is NCc1ccc(C(=O)NCCOc2ccccc2)cc1. The molecule has 4 nitrogen and oxygen atoms in total. The van der Waals surface area contributed by atoms with Crippen LogP contribution in [0.4, 0.5) is 0 Å². The Hall–Kier alpha value is -2.33. The van der Waals surface area contributed by atoms with Crippen molar-refractivity contribution in [3.8, 4) is 5.75 Å². The van der Waals surface area contributed by atoms with Crippen molar-refractivity contribution in [1.82, 2.24) is 5.32 Å². The number of nitrogens with two attached hydrogens (primary N) is 1. The lowest BCUT2D eigenvalue weighted by Crippen LogP contribution is -2.28. The van der Waals surface area contributed by atoms with E-state index >= 15 is 0 Å². The monoisotopic (exact) mass is 270 g/mol. The molecule has 0 aliphatic carbocycles. The Kier molecular flexibility index (Phi) is 5.15. The van der Waals surface area contributed by atoms with Gasteiger partial charge >= 0.3 is 0 Å². The number of nitrogens with one attached hydrogen (secondary N) is 1. The van der Waals surface area contributed by atoms with Crippen LogP contribution in [0.15, 0.2) is 54.6 Å². The third-order valence-corrected chi connectivity index (χ3v) is 2.85. The maximum absolute atomic E-state index is 11.9. The first-order valence-electron chi connectivity index (χ1n) is 6.54. The molecule has 104 valence electrons. The van der Waals surface area contributed by atoms with Crippen molar-refractivity contribution in [1.29, 1.82) is 0 Å². The predicted molar refractivity (Wildman–Crippen MR) is 78.6 cm³/mol. The van der Waals surface area contributed by atoms with E-state index in [-0.39, 0.29) is 5.91 Å². The maximum Gasteiger partial charge on any atom is 0.251 e. The predicted octanol–water partition coefficient (Wildman–Crippen LogP) is 1.95. The summed E-state index contributed by atoms with van der Waals surface area (Å²) < 4.78 is 5.50. The summed E-state index contributed by atoms with van der Waals surface area (Å²) in [6.45, 7) is 1.38. The third kappa shape index (κ3) is 4.10. The third-order valence-electron chi connectivity index (χ3n) is 2.85. The minimum Gasteiger partial charge on any atom is -0.492 e. The number of para-hydroxylation sites is 1. The van der Waals surface area contributed by atoms with E-state index in [1.165, 1.54) is 0 Å². The van der Waals surface area contributed by atoms with Crippen molar-refractivity contribution in [3.05, 3.63) is 65.7 Å². The zero-order chi connectivity index (χ0) is 14.2. The molecule has 0 radical (unpaired) electrons. The molecular formula is C16H18N2O2. The van der Waals surface area contributed by atoms with Crippen LogP contribution in [-0.4, -0.2) is 19.1 Å². The molecule has 2 aromatic rings. The summed E-state index contributed by atoms with van der Waals surface area (Å²) in [7, 11) is 0. The number of rotatable bonds is 6. The fourth-order valence-electron chi connectivity index (χ4n) is 1.74. The number of hydrogen-bond acceptors (Lipinski definition) is 3. The highest BCUT2D eigenvalue weighted by molar-refractivity contribution is 5.94. The maximum atomic E-state index is 11.9. The first-order chi connectivity index (χ1) is 9.79. The van der Waals surface area contributed by atoms with E-state index in [1.807, 2.05) is 42.5 Å². The fourth-order valence-corrected chi connectivity index (χ4v) is 1.74. The summed E-state index contributed by atoms with van der Waals surface area (Å²) in [4.78, 5) is 11.9. The van der Waals surface area contributed by atoms with E-state index in [1.54, 1.807) is 12.1 Å². The molecule has 0 fully saturated rings. The number of ether oxygens (including phenoxy) is 1. The first-order valence-corrected chi connectivity index (χ1v) is 6.54. The average molecular weight is 270 g/mol. The highest BCUT2D eigenvalue weighted by atomic mass is 16.5. The Morgan fingerprint density at radius 2 is 1.75 bits per heavy atom. The molecule has 1 amide bonds. The van der Waals surface area contributed by atoms with Crippen LogP contribution < -0.4 is 15.8 Å². The molecule has 0 unspecified atom stereocenters. The van der Waals surface area contributed by atoms with Crippen LogP contribution >= 0.6 is 0 Å². The van der Waals surface area contributed by atoms with Gasteiger partial charge in [-0.25, -0.2) is 0 Å². The smallest absolute Gasteiger partial charge is 0.251 e. The molecule has 0 aliphatic rings. The largest absolute Gasteiger partial charge is 0.492 e. The number of hydrogen-bond donors (Lipinski definition) is 2. The number of carbonyl (C=O) groups is 1. The van der Waals surface area contributed by atoms with Gasteiger partial charge in [-0.15, -0.1) is 0 Å². The van der Waals surface area contributed by atoms with Crippen LogP contribution in [0.2, 0.25) is 0 Å². The van der Waals surface area contributed by atoms with Crippen molar-refractivity contribution in [2.75, 3.05) is 13.2 Å². The van der Waals surface area contributed by atoms with Gasteiger partial charge < -0.3 is 15.8 Å². The number of carbonyl (C=O) groups excluding carboxylic acids is 1. The lowest BCUT2D eigenvalue weighted by atomic mass is 10.1. The van der Waals surface area contributed by atoms with Gasteiger partial charge in [0, 0.05) is 12.1 Å². The molecule has 0 aliphatic heterocycles. The Morgan fingerprint density at radius 3 is 2.40 bits per heavy atom. The summed E-state index contributed by atoms with van der Waals surface area (Å²) in [5.41, 5.74) is 7.15. The lowest BCUT2D eigenvalue weighted by molar-refractivity contribution is 0.0947. The Bertz CT molecular complexity index is 538. The van der Waals surface area contributed by atoms with E-state index in [4.69, 9.17) is 10.5 Å². The summed E-state index contributed by atoms with van der Waals surface area (Å²) in [5, 5.41) is 2.81. The van der Waals surface area contributed by atoms with Crippen LogP contribution in [0.3, 0.4) is 0 Å². The van der Waals surface area contributed by atoms with Crippen LogP contribution in [-0.2, 0) is 6.54 Å². The van der Waals surface area contributed by atoms with Crippen LogP contribution in [0.25, 0.3) is 0 Å². The molecule has 0 saturated carbocycles. The molecule has 0 aromatic heterocycles. The molecule has 2 rings (SSSR count). The van der Waals surface area contributed by atoms with Gasteiger partial charge in [-0.05, 0) is 29.8 Å². The van der Waals surface area contributed by atoms with Gasteiger partial charge in [0.25, 0.3) is 5.91 Å². The van der Waals surface area contributed by atoms with Crippen molar-refractivity contribution in [2.45, 2.75) is 6.54 Å². The number of amides is 1. The summed E-state index contributed by atoms with van der Waals surface area (Å²) in [6, 6.07) is 16.8. The zero-order valence-electron chi connectivity index (χ0n) is 11.2. The van der Waals surface area contributed by atoms with E-state index in [9.17, 15) is 4.79 Å². The second-order valence-electron chi connectivity index (χ2n) is 4.32. The fraction of sp³-hybridized carbons (Fsp3) is 0.188. The molecule has 3 N–H and O–H groups in total.